The SMILES string of the molecule is CNC1CCCCC1N(C)Cc1ccccc1C. The van der Waals surface area contributed by atoms with Crippen LogP contribution in [-0.2, 0) is 6.54 Å². The monoisotopic (exact) mass is 246 g/mol. The van der Waals surface area contributed by atoms with Crippen molar-refractivity contribution >= 4 is 0 Å². The largest absolute Gasteiger partial charge is 0.315 e. The van der Waals surface area contributed by atoms with Crippen LogP contribution in [0.3, 0.4) is 0 Å². The van der Waals surface area contributed by atoms with Gasteiger partial charge in [0.05, 0.1) is 0 Å². The number of nitrogens with zero attached hydrogens (tertiary/aromatic N) is 1. The Labute approximate surface area is 111 Å². The molecule has 0 heterocycles. The molecule has 0 aromatic heterocycles. The third kappa shape index (κ3) is 3.12. The highest BCUT2D eigenvalue weighted by Gasteiger charge is 2.27. The van der Waals surface area contributed by atoms with E-state index in [-0.39, 0.29) is 0 Å². The quantitative estimate of drug-likeness (QED) is 0.878. The van der Waals surface area contributed by atoms with E-state index >= 15 is 0 Å². The van der Waals surface area contributed by atoms with Gasteiger partial charge in [-0.05, 0) is 45.0 Å². The highest BCUT2D eigenvalue weighted by atomic mass is 15.2. The lowest BCUT2D eigenvalue weighted by Gasteiger charge is -2.38. The van der Waals surface area contributed by atoms with Crippen LogP contribution in [0.2, 0.25) is 0 Å². The van der Waals surface area contributed by atoms with Gasteiger partial charge < -0.3 is 5.32 Å². The Bertz CT molecular complexity index is 375. The van der Waals surface area contributed by atoms with Crippen molar-refractivity contribution in [3.63, 3.8) is 0 Å². The molecule has 2 nitrogen and oxygen atoms in total. The van der Waals surface area contributed by atoms with E-state index < -0.39 is 0 Å². The molecule has 18 heavy (non-hydrogen) atoms. The van der Waals surface area contributed by atoms with Crippen LogP contribution in [0.15, 0.2) is 24.3 Å². The van der Waals surface area contributed by atoms with Crippen molar-refractivity contribution in [1.29, 1.82) is 0 Å². The summed E-state index contributed by atoms with van der Waals surface area (Å²) in [5.41, 5.74) is 2.86. The van der Waals surface area contributed by atoms with Crippen LogP contribution >= 0.6 is 0 Å². The molecule has 2 rings (SSSR count). The molecule has 1 aliphatic carbocycles. The molecule has 0 amide bonds. The van der Waals surface area contributed by atoms with Gasteiger partial charge >= 0.3 is 0 Å². The summed E-state index contributed by atoms with van der Waals surface area (Å²) in [7, 11) is 4.37. The summed E-state index contributed by atoms with van der Waals surface area (Å²) in [6, 6.07) is 10.1. The van der Waals surface area contributed by atoms with Crippen molar-refractivity contribution in [2.75, 3.05) is 14.1 Å². The number of nitrogens with one attached hydrogen (secondary N) is 1. The lowest BCUT2D eigenvalue weighted by Crippen LogP contribution is -2.49. The summed E-state index contributed by atoms with van der Waals surface area (Å²) in [5.74, 6) is 0. The van der Waals surface area contributed by atoms with Gasteiger partial charge in [-0.25, -0.2) is 0 Å². The maximum absolute atomic E-state index is 3.49. The minimum Gasteiger partial charge on any atom is -0.315 e. The molecule has 0 saturated heterocycles. The lowest BCUT2D eigenvalue weighted by atomic mass is 9.89. The number of aryl methyl sites for hydroxylation is 1. The zero-order valence-electron chi connectivity index (χ0n) is 11.9. The molecule has 2 heteroatoms. The molecule has 100 valence electrons. The maximum atomic E-state index is 3.49. The minimum atomic E-state index is 0.660. The molecular formula is C16H26N2. The van der Waals surface area contributed by atoms with Gasteiger partial charge in [-0.3, -0.25) is 4.90 Å². The Kier molecular flexibility index (Phi) is 4.79. The van der Waals surface area contributed by atoms with E-state index in [1.54, 1.807) is 0 Å². The normalized spacial score (nSPS) is 24.4. The van der Waals surface area contributed by atoms with E-state index in [0.717, 1.165) is 6.54 Å². The second-order valence-electron chi connectivity index (χ2n) is 5.59. The fourth-order valence-corrected chi connectivity index (χ4v) is 3.15. The molecule has 1 saturated carbocycles. The van der Waals surface area contributed by atoms with Crippen LogP contribution < -0.4 is 5.32 Å². The van der Waals surface area contributed by atoms with Gasteiger partial charge in [0.1, 0.15) is 0 Å². The van der Waals surface area contributed by atoms with Crippen LogP contribution in [0.1, 0.15) is 36.8 Å². The fraction of sp³-hybridized carbons (Fsp3) is 0.625. The number of hydrogen-bond donors (Lipinski definition) is 1. The van der Waals surface area contributed by atoms with Gasteiger partial charge in [0.15, 0.2) is 0 Å². The Morgan fingerprint density at radius 2 is 1.94 bits per heavy atom. The molecule has 1 fully saturated rings. The van der Waals surface area contributed by atoms with Crippen molar-refractivity contribution in [2.24, 2.45) is 0 Å². The Balaban J connectivity index is 2.02. The third-order valence-electron chi connectivity index (χ3n) is 4.35. The molecule has 0 bridgehead atoms. The minimum absolute atomic E-state index is 0.660. The predicted octanol–water partition coefficient (Wildman–Crippen LogP) is 2.96. The molecule has 1 aliphatic rings. The number of benzene rings is 1. The van der Waals surface area contributed by atoms with Crippen LogP contribution in [0.4, 0.5) is 0 Å². The summed E-state index contributed by atoms with van der Waals surface area (Å²) >= 11 is 0. The Hall–Kier alpha value is -0.860. The first-order valence-corrected chi connectivity index (χ1v) is 7.14. The second kappa shape index (κ2) is 6.35. The molecule has 0 aliphatic heterocycles. The first-order chi connectivity index (χ1) is 8.72. The average molecular weight is 246 g/mol. The van der Waals surface area contributed by atoms with Crippen LogP contribution in [0.25, 0.3) is 0 Å². The molecular weight excluding hydrogens is 220 g/mol. The zero-order chi connectivity index (χ0) is 13.0. The van der Waals surface area contributed by atoms with Gasteiger partial charge in [0.2, 0.25) is 0 Å². The van der Waals surface area contributed by atoms with Crippen molar-refractivity contribution < 1.29 is 0 Å². The molecule has 1 aromatic carbocycles. The van der Waals surface area contributed by atoms with E-state index in [1.165, 1.54) is 36.8 Å². The van der Waals surface area contributed by atoms with Gasteiger partial charge in [0.25, 0.3) is 0 Å². The van der Waals surface area contributed by atoms with Crippen LogP contribution in [-0.4, -0.2) is 31.1 Å². The van der Waals surface area contributed by atoms with Crippen molar-refractivity contribution in [3.05, 3.63) is 35.4 Å². The summed E-state index contributed by atoms with van der Waals surface area (Å²) in [6.45, 7) is 3.27. The second-order valence-corrected chi connectivity index (χ2v) is 5.59. The van der Waals surface area contributed by atoms with Crippen LogP contribution in [0.5, 0.6) is 0 Å². The highest BCUT2D eigenvalue weighted by Crippen LogP contribution is 2.24. The standard InChI is InChI=1S/C16H26N2/c1-13-8-4-5-9-14(13)12-18(3)16-11-7-6-10-15(16)17-2/h4-5,8-9,15-17H,6-7,10-12H2,1-3H3. The number of rotatable bonds is 4. The first kappa shape index (κ1) is 13.6. The van der Waals surface area contributed by atoms with Crippen molar-refractivity contribution in [1.82, 2.24) is 10.2 Å². The highest BCUT2D eigenvalue weighted by molar-refractivity contribution is 5.25. The zero-order valence-corrected chi connectivity index (χ0v) is 11.9. The lowest BCUT2D eigenvalue weighted by molar-refractivity contribution is 0.147. The van der Waals surface area contributed by atoms with Gasteiger partial charge in [-0.2, -0.15) is 0 Å². The summed E-state index contributed by atoms with van der Waals surface area (Å²) < 4.78 is 0. The summed E-state index contributed by atoms with van der Waals surface area (Å²) in [5, 5.41) is 3.49. The Morgan fingerprint density at radius 3 is 2.67 bits per heavy atom. The van der Waals surface area contributed by atoms with Crippen molar-refractivity contribution in [2.45, 2.75) is 51.2 Å². The summed E-state index contributed by atoms with van der Waals surface area (Å²) in [6.07, 6.45) is 5.40. The molecule has 0 spiro atoms. The van der Waals surface area contributed by atoms with E-state index in [0.29, 0.717) is 12.1 Å². The van der Waals surface area contributed by atoms with Crippen LogP contribution in [0, 0.1) is 6.92 Å². The van der Waals surface area contributed by atoms with E-state index in [2.05, 4.69) is 55.5 Å². The van der Waals surface area contributed by atoms with Gasteiger partial charge in [-0.1, -0.05) is 37.1 Å². The summed E-state index contributed by atoms with van der Waals surface area (Å²) in [4.78, 5) is 2.53. The van der Waals surface area contributed by atoms with Gasteiger partial charge in [-0.15, -0.1) is 0 Å². The molecule has 2 atom stereocenters. The van der Waals surface area contributed by atoms with E-state index in [1.807, 2.05) is 0 Å². The third-order valence-corrected chi connectivity index (χ3v) is 4.35. The molecule has 0 radical (unpaired) electrons. The van der Waals surface area contributed by atoms with E-state index in [4.69, 9.17) is 0 Å². The smallest absolute Gasteiger partial charge is 0.0249 e. The fourth-order valence-electron chi connectivity index (χ4n) is 3.15. The number of likely N-dealkylation sites (N-methyl/N-ethyl adjacent to an activating group) is 2. The maximum Gasteiger partial charge on any atom is 0.0249 e. The molecule has 2 unspecified atom stereocenters. The molecule has 1 aromatic rings. The van der Waals surface area contributed by atoms with Crippen molar-refractivity contribution in [3.8, 4) is 0 Å². The average Bonchev–Trinajstić information content (AvgIpc) is 2.41. The first-order valence-electron chi connectivity index (χ1n) is 7.14. The predicted molar refractivity (Wildman–Crippen MR) is 77.7 cm³/mol. The number of hydrogen-bond acceptors (Lipinski definition) is 2. The topological polar surface area (TPSA) is 15.3 Å². The van der Waals surface area contributed by atoms with Gasteiger partial charge in [0, 0.05) is 18.6 Å². The van der Waals surface area contributed by atoms with E-state index in [9.17, 15) is 0 Å². The molecule has 1 N–H and O–H groups in total. The Morgan fingerprint density at radius 1 is 1.22 bits per heavy atom.